The first-order valence-electron chi connectivity index (χ1n) is 7.87. The van der Waals surface area contributed by atoms with E-state index in [0.717, 1.165) is 5.56 Å². The van der Waals surface area contributed by atoms with Crippen molar-refractivity contribution in [3.05, 3.63) is 71.6 Å². The van der Waals surface area contributed by atoms with Gasteiger partial charge in [0.2, 0.25) is 5.69 Å². The largest absolute Gasteiger partial charge is 0.378 e. The first kappa shape index (κ1) is 15.3. The Labute approximate surface area is 138 Å². The van der Waals surface area contributed by atoms with E-state index in [1.807, 2.05) is 6.08 Å². The highest BCUT2D eigenvalue weighted by molar-refractivity contribution is 5.93. The number of nitrogens with zero attached hydrogens (tertiary/aromatic N) is 2. The topological polar surface area (TPSA) is 7.12 Å². The number of pyridine rings is 1. The molecule has 0 saturated heterocycles. The summed E-state index contributed by atoms with van der Waals surface area (Å²) in [5.41, 5.74) is 8.70. The maximum absolute atomic E-state index is 3.86. The number of aromatic nitrogens is 1. The minimum atomic E-state index is 1.14. The van der Waals surface area contributed by atoms with Crippen LogP contribution in [0.1, 0.15) is 30.7 Å². The fourth-order valence-electron chi connectivity index (χ4n) is 2.92. The summed E-state index contributed by atoms with van der Waals surface area (Å²) < 4.78 is 2.26. The average Bonchev–Trinajstić information content (AvgIpc) is 2.80. The van der Waals surface area contributed by atoms with Crippen molar-refractivity contribution in [1.82, 2.24) is 0 Å². The van der Waals surface area contributed by atoms with Crippen LogP contribution in [-0.4, -0.2) is 14.1 Å². The molecule has 0 aliphatic carbocycles. The second-order valence-corrected chi connectivity index (χ2v) is 6.18. The molecule has 1 aliphatic rings. The number of anilines is 1. The van der Waals surface area contributed by atoms with E-state index >= 15 is 0 Å². The van der Waals surface area contributed by atoms with Crippen LogP contribution in [0.4, 0.5) is 5.69 Å². The molecule has 0 N–H and O–H groups in total. The van der Waals surface area contributed by atoms with Crippen LogP contribution >= 0.6 is 0 Å². The second kappa shape index (κ2) is 5.88. The zero-order valence-electron chi connectivity index (χ0n) is 14.3. The highest BCUT2D eigenvalue weighted by atomic mass is 15.1. The summed E-state index contributed by atoms with van der Waals surface area (Å²) in [5, 5.41) is 0. The van der Waals surface area contributed by atoms with Crippen molar-refractivity contribution in [2.24, 2.45) is 0 Å². The van der Waals surface area contributed by atoms with E-state index in [4.69, 9.17) is 0 Å². The van der Waals surface area contributed by atoms with Gasteiger partial charge < -0.3 is 4.90 Å². The van der Waals surface area contributed by atoms with E-state index in [1.54, 1.807) is 0 Å². The van der Waals surface area contributed by atoms with Crippen LogP contribution in [-0.2, 0) is 0 Å². The van der Waals surface area contributed by atoms with Gasteiger partial charge in [0, 0.05) is 43.9 Å². The molecule has 116 valence electrons. The highest BCUT2D eigenvalue weighted by Crippen LogP contribution is 2.32. The second-order valence-electron chi connectivity index (χ2n) is 6.18. The third kappa shape index (κ3) is 2.72. The number of hydrogen-bond donors (Lipinski definition) is 0. The van der Waals surface area contributed by atoms with Crippen molar-refractivity contribution in [3.63, 3.8) is 0 Å². The lowest BCUT2D eigenvalue weighted by atomic mass is 10.0. The molecule has 2 heteroatoms. The Hall–Kier alpha value is -2.61. The highest BCUT2D eigenvalue weighted by Gasteiger charge is 2.29. The van der Waals surface area contributed by atoms with Gasteiger partial charge in [-0.25, -0.2) is 0 Å². The molecule has 3 rings (SSSR count). The fraction of sp³-hybridized carbons (Fsp3) is 0.190. The lowest BCUT2D eigenvalue weighted by molar-refractivity contribution is -0.581. The van der Waals surface area contributed by atoms with Crippen LogP contribution in [0.2, 0.25) is 0 Å². The first-order valence-corrected chi connectivity index (χ1v) is 7.87. The lowest BCUT2D eigenvalue weighted by Crippen LogP contribution is -2.31. The van der Waals surface area contributed by atoms with Crippen LogP contribution in [0.3, 0.4) is 0 Å². The molecule has 2 aromatic rings. The number of rotatable bonds is 3. The predicted molar refractivity (Wildman–Crippen MR) is 99.9 cm³/mol. The molecule has 0 unspecified atom stereocenters. The Morgan fingerprint density at radius 1 is 0.957 bits per heavy atom. The molecule has 1 aromatic heterocycles. The van der Waals surface area contributed by atoms with Crippen molar-refractivity contribution in [3.8, 4) is 0 Å². The Bertz CT molecular complexity index is 821. The Kier molecular flexibility index (Phi) is 3.91. The van der Waals surface area contributed by atoms with E-state index in [0.29, 0.717) is 0 Å². The third-order valence-electron chi connectivity index (χ3n) is 4.51. The van der Waals surface area contributed by atoms with Crippen LogP contribution in [0, 0.1) is 0 Å². The van der Waals surface area contributed by atoms with Crippen LogP contribution in [0.15, 0.2) is 54.7 Å². The number of fused-ring (bicyclic) bond motifs is 1. The van der Waals surface area contributed by atoms with Crippen molar-refractivity contribution >= 4 is 29.1 Å². The van der Waals surface area contributed by atoms with E-state index in [2.05, 4.69) is 92.7 Å². The van der Waals surface area contributed by atoms with E-state index in [9.17, 15) is 0 Å². The van der Waals surface area contributed by atoms with Gasteiger partial charge in [0.1, 0.15) is 0 Å². The summed E-state index contributed by atoms with van der Waals surface area (Å²) in [4.78, 5) is 2.11. The van der Waals surface area contributed by atoms with Crippen LogP contribution in [0.5, 0.6) is 0 Å². The third-order valence-corrected chi connectivity index (χ3v) is 4.51. The SMILES string of the molecule is C=Cc1ccc2[n+](c1)C(C)=C(C)/C2=C\c1ccc(N(C)C)cc1. The predicted octanol–water partition coefficient (Wildman–Crippen LogP) is 4.49. The van der Waals surface area contributed by atoms with Crippen molar-refractivity contribution in [1.29, 1.82) is 0 Å². The van der Waals surface area contributed by atoms with Crippen LogP contribution in [0.25, 0.3) is 23.4 Å². The number of allylic oxidation sites excluding steroid dienone is 3. The van der Waals surface area contributed by atoms with Crippen molar-refractivity contribution < 1.29 is 4.57 Å². The molecule has 2 nitrogen and oxygen atoms in total. The van der Waals surface area contributed by atoms with Crippen LogP contribution < -0.4 is 9.47 Å². The first-order chi connectivity index (χ1) is 11.0. The maximum atomic E-state index is 3.86. The Morgan fingerprint density at radius 2 is 1.61 bits per heavy atom. The van der Waals surface area contributed by atoms with Crippen molar-refractivity contribution in [2.75, 3.05) is 19.0 Å². The Balaban J connectivity index is 2.05. The molecule has 0 bridgehead atoms. The molecule has 23 heavy (non-hydrogen) atoms. The average molecular weight is 303 g/mol. The molecule has 0 saturated carbocycles. The summed E-state index contributed by atoms with van der Waals surface area (Å²) in [5.74, 6) is 0. The molecule has 0 atom stereocenters. The summed E-state index contributed by atoms with van der Waals surface area (Å²) in [7, 11) is 4.12. The van der Waals surface area contributed by atoms with E-state index in [1.165, 1.54) is 33.8 Å². The minimum absolute atomic E-state index is 1.14. The normalized spacial score (nSPS) is 15.0. The fourth-order valence-corrected chi connectivity index (χ4v) is 2.92. The van der Waals surface area contributed by atoms with E-state index in [-0.39, 0.29) is 0 Å². The van der Waals surface area contributed by atoms with Gasteiger partial charge in [-0.3, -0.25) is 0 Å². The molecule has 0 radical (unpaired) electrons. The van der Waals surface area contributed by atoms with E-state index < -0.39 is 0 Å². The summed E-state index contributed by atoms with van der Waals surface area (Å²) in [6.07, 6.45) is 6.30. The molecule has 2 heterocycles. The number of benzene rings is 1. The number of hydrogen-bond acceptors (Lipinski definition) is 1. The molecular weight excluding hydrogens is 280 g/mol. The van der Waals surface area contributed by atoms with Gasteiger partial charge in [-0.2, -0.15) is 4.57 Å². The zero-order chi connectivity index (χ0) is 16.6. The molecule has 0 fully saturated rings. The lowest BCUT2D eigenvalue weighted by Gasteiger charge is -2.11. The summed E-state index contributed by atoms with van der Waals surface area (Å²) in [6.45, 7) is 8.22. The van der Waals surface area contributed by atoms with Gasteiger partial charge in [0.25, 0.3) is 0 Å². The summed E-state index contributed by atoms with van der Waals surface area (Å²) in [6, 6.07) is 13.0. The zero-order valence-corrected chi connectivity index (χ0v) is 14.3. The van der Waals surface area contributed by atoms with Gasteiger partial charge in [0.05, 0.1) is 5.57 Å². The molecule has 0 spiro atoms. The minimum Gasteiger partial charge on any atom is -0.378 e. The molecular formula is C21H23N2+. The monoisotopic (exact) mass is 303 g/mol. The van der Waals surface area contributed by atoms with Gasteiger partial charge >= 0.3 is 0 Å². The van der Waals surface area contributed by atoms with Gasteiger partial charge in [-0.05, 0) is 36.8 Å². The van der Waals surface area contributed by atoms with Gasteiger partial charge in [-0.15, -0.1) is 0 Å². The summed E-state index contributed by atoms with van der Waals surface area (Å²) >= 11 is 0. The quantitative estimate of drug-likeness (QED) is 0.758. The Morgan fingerprint density at radius 3 is 2.22 bits per heavy atom. The molecule has 1 aromatic carbocycles. The van der Waals surface area contributed by atoms with Gasteiger partial charge in [-0.1, -0.05) is 24.8 Å². The smallest absolute Gasteiger partial charge is 0.218 e. The molecule has 1 aliphatic heterocycles. The molecule has 0 amide bonds. The standard InChI is InChI=1S/C21H23N2/c1-6-17-9-12-21-20(15(2)16(3)23(21)14-17)13-18-7-10-19(11-8-18)22(4)5/h6-14H,1H2,2-5H3/q+1. The maximum Gasteiger partial charge on any atom is 0.218 e. The van der Waals surface area contributed by atoms with Crippen molar-refractivity contribution in [2.45, 2.75) is 13.8 Å². The van der Waals surface area contributed by atoms with Gasteiger partial charge in [0.15, 0.2) is 11.9 Å².